The summed E-state index contributed by atoms with van der Waals surface area (Å²) >= 11 is -6.14. The first kappa shape index (κ1) is 57.4. The van der Waals surface area contributed by atoms with Crippen LogP contribution in [-0.4, -0.2) is 5.92 Å². The van der Waals surface area contributed by atoms with E-state index in [1.54, 1.807) is 0 Å². The molecule has 0 heterocycles. The SMILES string of the molecule is C[SiH](C)[Zr]([Cl])([Cl])([CH]1C(Cc2ccccc2)=Cc2c(-c3c4ccccc4cc4ccccc34)ccc(-c3c4ccccc4cc4ccccc34)c21)[CH]1C(Cc2ccccc2)=Cc2c(-c3c4ccccc4cc4ccccc34)ccc(-c3c4ccccc4cc4ccccc34)c21. The number of benzene rings is 16. The summed E-state index contributed by atoms with van der Waals surface area (Å²) in [4.78, 5) is 0. The number of allylic oxidation sites excluding steroid dienone is 2. The Morgan fingerprint density at radius 1 is 0.277 bits per heavy atom. The zero-order chi connectivity index (χ0) is 62.8. The number of halogens is 2. The van der Waals surface area contributed by atoms with Gasteiger partial charge in [0.05, 0.1) is 0 Å². The molecule has 2 aliphatic rings. The Balaban J connectivity index is 1.03. The van der Waals surface area contributed by atoms with E-state index >= 15 is 0 Å². The molecule has 16 aromatic rings. The van der Waals surface area contributed by atoms with Gasteiger partial charge in [0.15, 0.2) is 0 Å². The first-order valence-electron chi connectivity index (χ1n) is 33.2. The number of hydrogen-bond acceptors (Lipinski definition) is 0. The Hall–Kier alpha value is -9.24. The molecule has 2 unspecified atom stereocenters. The Morgan fingerprint density at radius 2 is 0.500 bits per heavy atom. The number of rotatable bonds is 11. The summed E-state index contributed by atoms with van der Waals surface area (Å²) < 4.78 is -0.676. The van der Waals surface area contributed by atoms with Crippen LogP contribution in [0.25, 0.3) is 143 Å². The minimum absolute atomic E-state index is 0.338. The molecular weight excluding hydrogens is 1270 g/mol. The van der Waals surface area contributed by atoms with Gasteiger partial charge in [0.25, 0.3) is 0 Å². The Kier molecular flexibility index (Phi) is 13.7. The Morgan fingerprint density at radius 3 is 0.755 bits per heavy atom. The van der Waals surface area contributed by atoms with Crippen molar-refractivity contribution < 1.29 is 15.6 Å². The van der Waals surface area contributed by atoms with Gasteiger partial charge in [0.1, 0.15) is 0 Å². The fourth-order valence-corrected chi connectivity index (χ4v) is 48.3. The molecule has 0 aromatic heterocycles. The molecule has 447 valence electrons. The summed E-state index contributed by atoms with van der Waals surface area (Å²) in [5, 5.41) is 19.5. The standard InChI is InChI=1S/2C44H29.C2H7Si.2ClH.Zr/c2*1-2-12-29(13-3-1)24-30-25-41-39(43-35-18-8-4-14-31(35)27-32-15-5-9-19-36(32)43)22-23-40(42(41)26-30)44-37-20-10-6-16-33(37)28-34-17-7-11-21-38(34)44;1-3-2;;;/h2*1-23,25-28H,24H2;3H,1-2H3;2*1H;/q;;;;;+2/p-2. The van der Waals surface area contributed by atoms with E-state index in [4.69, 9.17) is 0 Å². The topological polar surface area (TPSA) is 0 Å². The third-order valence-electron chi connectivity index (χ3n) is 21.4. The van der Waals surface area contributed by atoms with Crippen molar-refractivity contribution >= 4 is 121 Å². The molecule has 0 N–H and O–H groups in total. The van der Waals surface area contributed by atoms with E-state index in [2.05, 4.69) is 329 Å². The van der Waals surface area contributed by atoms with Crippen LogP contribution in [0, 0.1) is 0 Å². The molecule has 18 rings (SSSR count). The molecule has 16 aromatic carbocycles. The molecule has 0 aliphatic heterocycles. The predicted octanol–water partition coefficient (Wildman–Crippen LogP) is 25.6. The van der Waals surface area contributed by atoms with Gasteiger partial charge in [-0.05, 0) is 0 Å². The second-order valence-corrected chi connectivity index (χ2v) is 69.3. The molecule has 0 saturated carbocycles. The molecule has 0 saturated heterocycles. The van der Waals surface area contributed by atoms with Gasteiger partial charge in [-0.15, -0.1) is 0 Å². The van der Waals surface area contributed by atoms with Crippen LogP contribution in [0.15, 0.2) is 314 Å². The van der Waals surface area contributed by atoms with Crippen molar-refractivity contribution in [3.05, 3.63) is 348 Å². The summed E-state index contributed by atoms with van der Waals surface area (Å²) in [7, 11) is 20.5. The first-order chi connectivity index (χ1) is 46.2. The van der Waals surface area contributed by atoms with Crippen LogP contribution in [0.4, 0.5) is 0 Å². The van der Waals surface area contributed by atoms with Crippen LogP contribution in [0.5, 0.6) is 0 Å². The van der Waals surface area contributed by atoms with Gasteiger partial charge in [0, 0.05) is 0 Å². The van der Waals surface area contributed by atoms with E-state index in [0.29, 0.717) is 12.8 Å². The van der Waals surface area contributed by atoms with Crippen LogP contribution in [0.2, 0.25) is 13.1 Å². The zero-order valence-corrected chi connectivity index (χ0v) is 57.5. The minimum atomic E-state index is -6.14. The fraction of sp³-hybridized carbons (Fsp3) is 0.0667. The molecule has 0 bridgehead atoms. The average molecular weight is 1340 g/mol. The second-order valence-electron chi connectivity index (χ2n) is 26.8. The molecule has 94 heavy (non-hydrogen) atoms. The first-order valence-corrected chi connectivity index (χ1v) is 49.5. The molecular formula is C90H65Cl2SiZr. The maximum atomic E-state index is 10.2. The maximum absolute atomic E-state index is 10.2. The fourth-order valence-electron chi connectivity index (χ4n) is 17.3. The van der Waals surface area contributed by atoms with E-state index in [1.807, 2.05) is 0 Å². The predicted molar refractivity (Wildman–Crippen MR) is 407 cm³/mol. The van der Waals surface area contributed by atoms with Crippen molar-refractivity contribution in [2.24, 2.45) is 0 Å². The Labute approximate surface area is 557 Å². The van der Waals surface area contributed by atoms with Crippen LogP contribution < -0.4 is 0 Å². The van der Waals surface area contributed by atoms with Crippen molar-refractivity contribution in [1.82, 2.24) is 0 Å². The monoisotopic (exact) mass is 1330 g/mol. The van der Waals surface area contributed by atoms with E-state index in [-0.39, 0.29) is 7.25 Å². The average Bonchev–Trinajstić information content (AvgIpc) is 1.44. The number of fused-ring (bicyclic) bond motifs is 10. The molecule has 2 atom stereocenters. The molecule has 2 aliphatic carbocycles. The summed E-state index contributed by atoms with van der Waals surface area (Å²) in [6.07, 6.45) is 6.63. The zero-order valence-electron chi connectivity index (χ0n) is 52.4. The molecule has 0 spiro atoms. The van der Waals surface area contributed by atoms with Crippen LogP contribution >= 0.6 is 17.0 Å². The summed E-state index contributed by atoms with van der Waals surface area (Å²) in [5.41, 5.74) is 19.9. The Bertz CT molecular complexity index is 5330. The van der Waals surface area contributed by atoms with Crippen LogP contribution in [0.1, 0.15) is 40.6 Å². The van der Waals surface area contributed by atoms with Gasteiger partial charge >= 0.3 is 562 Å². The van der Waals surface area contributed by atoms with Crippen molar-refractivity contribution in [2.45, 2.75) is 33.2 Å². The summed E-state index contributed by atoms with van der Waals surface area (Å²) in [5.74, 6) is -2.34. The van der Waals surface area contributed by atoms with E-state index in [9.17, 15) is 17.0 Å². The van der Waals surface area contributed by atoms with Gasteiger partial charge in [-0.1, -0.05) is 0 Å². The normalized spacial score (nSPS) is 15.1. The number of hydrogen-bond donors (Lipinski definition) is 0. The van der Waals surface area contributed by atoms with E-state index in [1.165, 1.54) is 175 Å². The van der Waals surface area contributed by atoms with Gasteiger partial charge in [0.2, 0.25) is 0 Å². The quantitative estimate of drug-likeness (QED) is 0.0894. The van der Waals surface area contributed by atoms with Gasteiger partial charge in [-0.25, -0.2) is 0 Å². The van der Waals surface area contributed by atoms with Crippen molar-refractivity contribution in [2.75, 3.05) is 0 Å². The summed E-state index contributed by atoms with van der Waals surface area (Å²) in [6.45, 7) is 5.09. The molecule has 0 amide bonds. The molecule has 4 heteroatoms. The van der Waals surface area contributed by atoms with E-state index in [0.717, 1.165) is 0 Å². The summed E-state index contributed by atoms with van der Waals surface area (Å²) in [6, 6.07) is 114. The molecule has 0 radical (unpaired) electrons. The third kappa shape index (κ3) is 8.94. The van der Waals surface area contributed by atoms with Crippen LogP contribution in [0.3, 0.4) is 0 Å². The van der Waals surface area contributed by atoms with Crippen molar-refractivity contribution in [3.63, 3.8) is 0 Å². The van der Waals surface area contributed by atoms with Crippen molar-refractivity contribution in [1.29, 1.82) is 0 Å². The molecule has 0 fully saturated rings. The van der Waals surface area contributed by atoms with Gasteiger partial charge in [-0.3, -0.25) is 0 Å². The van der Waals surface area contributed by atoms with E-state index < -0.39 is 21.5 Å². The van der Waals surface area contributed by atoms with Crippen molar-refractivity contribution in [3.8, 4) is 44.5 Å². The third-order valence-corrected chi connectivity index (χ3v) is 73.2. The molecule has 0 nitrogen and oxygen atoms in total. The van der Waals surface area contributed by atoms with Crippen LogP contribution in [-0.2, 0) is 28.4 Å². The van der Waals surface area contributed by atoms with Gasteiger partial charge in [-0.2, -0.15) is 0 Å². The van der Waals surface area contributed by atoms with Gasteiger partial charge < -0.3 is 0 Å². The second kappa shape index (κ2) is 22.5.